The average molecular weight is 457 g/mol. The highest BCUT2D eigenvalue weighted by Gasteiger charge is 2.21. The van der Waals surface area contributed by atoms with Gasteiger partial charge in [0.25, 0.3) is 5.91 Å². The molecule has 1 unspecified atom stereocenters. The lowest BCUT2D eigenvalue weighted by Crippen LogP contribution is -2.35. The van der Waals surface area contributed by atoms with E-state index in [1.54, 1.807) is 18.2 Å². The predicted octanol–water partition coefficient (Wildman–Crippen LogP) is 3.98. The summed E-state index contributed by atoms with van der Waals surface area (Å²) in [7, 11) is 2.94. The molecule has 0 spiro atoms. The first-order chi connectivity index (χ1) is 12.9. The maximum absolute atomic E-state index is 12.4. The van der Waals surface area contributed by atoms with Gasteiger partial charge in [-0.1, -0.05) is 29.8 Å². The summed E-state index contributed by atoms with van der Waals surface area (Å²) in [6.45, 7) is 1.73. The number of methoxy groups -OCH3 is 2. The van der Waals surface area contributed by atoms with Crippen molar-refractivity contribution in [1.82, 2.24) is 5.32 Å². The van der Waals surface area contributed by atoms with Crippen LogP contribution in [0.3, 0.4) is 0 Å². The largest absolute Gasteiger partial charge is 0.495 e. The summed E-state index contributed by atoms with van der Waals surface area (Å²) in [6.07, 6.45) is -0.986. The summed E-state index contributed by atoms with van der Waals surface area (Å²) in [5.41, 5.74) is 0.978. The molecule has 1 amide bonds. The van der Waals surface area contributed by atoms with Gasteiger partial charge in [0.15, 0.2) is 6.10 Å². The maximum Gasteiger partial charge on any atom is 0.339 e. The number of nitrogens with one attached hydrogen (secondary N) is 1. The van der Waals surface area contributed by atoms with Gasteiger partial charge in [-0.2, -0.15) is 0 Å². The summed E-state index contributed by atoms with van der Waals surface area (Å²) in [5.74, 6) is -0.270. The van der Waals surface area contributed by atoms with Crippen molar-refractivity contribution in [2.24, 2.45) is 0 Å². The molecule has 1 N–H and O–H groups in total. The van der Waals surface area contributed by atoms with Gasteiger partial charge in [-0.05, 0) is 46.6 Å². The van der Waals surface area contributed by atoms with Crippen LogP contribution in [0, 0.1) is 0 Å². The lowest BCUT2D eigenvalue weighted by molar-refractivity contribution is -0.129. The van der Waals surface area contributed by atoms with E-state index in [-0.39, 0.29) is 12.1 Å². The Bertz CT molecular complexity index is 818. The van der Waals surface area contributed by atoms with Gasteiger partial charge in [0.1, 0.15) is 16.0 Å². The Morgan fingerprint density at radius 1 is 1.15 bits per heavy atom. The molecule has 27 heavy (non-hydrogen) atoms. The molecule has 0 bridgehead atoms. The number of esters is 1. The molecule has 0 aliphatic rings. The van der Waals surface area contributed by atoms with Gasteiger partial charge in [0.2, 0.25) is 0 Å². The quantitative estimate of drug-likeness (QED) is 0.638. The molecule has 0 aromatic heterocycles. The summed E-state index contributed by atoms with van der Waals surface area (Å²) in [5, 5.41) is 3.25. The predicted molar refractivity (Wildman–Crippen MR) is 105 cm³/mol. The second-order valence-electron chi connectivity index (χ2n) is 5.55. The zero-order valence-corrected chi connectivity index (χ0v) is 17.4. The third-order valence-electron chi connectivity index (χ3n) is 3.75. The molecule has 0 fully saturated rings. The van der Waals surface area contributed by atoms with Crippen LogP contribution in [0.15, 0.2) is 40.9 Å². The van der Waals surface area contributed by atoms with Crippen LogP contribution < -0.4 is 14.8 Å². The second-order valence-corrected chi connectivity index (χ2v) is 6.75. The number of benzene rings is 2. The molecular weight excluding hydrogens is 438 g/mol. The van der Waals surface area contributed by atoms with Crippen molar-refractivity contribution >= 4 is 39.4 Å². The summed E-state index contributed by atoms with van der Waals surface area (Å²) >= 11 is 9.39. The second kappa shape index (κ2) is 9.62. The van der Waals surface area contributed by atoms with Crippen molar-refractivity contribution in [3.63, 3.8) is 0 Å². The Hall–Kier alpha value is -2.25. The highest BCUT2D eigenvalue weighted by Crippen LogP contribution is 2.35. The van der Waals surface area contributed by atoms with Crippen LogP contribution in [0.25, 0.3) is 0 Å². The minimum atomic E-state index is -0.986. The number of halogens is 2. The molecule has 0 saturated carbocycles. The number of carbonyl (C=O) groups is 2. The van der Waals surface area contributed by atoms with E-state index in [4.69, 9.17) is 25.8 Å². The van der Waals surface area contributed by atoms with Crippen molar-refractivity contribution in [3.05, 3.63) is 57.0 Å². The highest BCUT2D eigenvalue weighted by molar-refractivity contribution is 9.10. The SMILES string of the molecule is COc1cc(C(=O)OC(C)C(=O)NCc2ccccc2Cl)cc(OC)c1Br. The molecular formula is C19H19BrClNO5. The monoisotopic (exact) mass is 455 g/mol. The first kappa shape index (κ1) is 21.1. The zero-order chi connectivity index (χ0) is 20.0. The Morgan fingerprint density at radius 3 is 2.30 bits per heavy atom. The number of rotatable bonds is 7. The molecule has 0 saturated heterocycles. The zero-order valence-electron chi connectivity index (χ0n) is 15.0. The number of carbonyl (C=O) groups excluding carboxylic acids is 2. The molecule has 0 heterocycles. The first-order valence-corrected chi connectivity index (χ1v) is 9.18. The Morgan fingerprint density at radius 2 is 1.74 bits per heavy atom. The molecule has 0 aliphatic heterocycles. The number of hydrogen-bond acceptors (Lipinski definition) is 5. The maximum atomic E-state index is 12.4. The lowest BCUT2D eigenvalue weighted by atomic mass is 10.2. The molecule has 144 valence electrons. The Balaban J connectivity index is 2.02. The molecule has 6 nitrogen and oxygen atoms in total. The highest BCUT2D eigenvalue weighted by atomic mass is 79.9. The van der Waals surface area contributed by atoms with Crippen LogP contribution in [0.1, 0.15) is 22.8 Å². The topological polar surface area (TPSA) is 73.9 Å². The van der Waals surface area contributed by atoms with Crippen LogP contribution >= 0.6 is 27.5 Å². The normalized spacial score (nSPS) is 11.4. The van der Waals surface area contributed by atoms with Gasteiger partial charge in [0, 0.05) is 11.6 Å². The van der Waals surface area contributed by atoms with Crippen molar-refractivity contribution in [3.8, 4) is 11.5 Å². The van der Waals surface area contributed by atoms with Gasteiger partial charge >= 0.3 is 5.97 Å². The van der Waals surface area contributed by atoms with E-state index < -0.39 is 18.0 Å². The third kappa shape index (κ3) is 5.37. The molecule has 2 aromatic carbocycles. The van der Waals surface area contributed by atoms with Crippen LogP contribution in [0.4, 0.5) is 0 Å². The lowest BCUT2D eigenvalue weighted by Gasteiger charge is -2.15. The van der Waals surface area contributed by atoms with E-state index in [1.807, 2.05) is 6.07 Å². The summed E-state index contributed by atoms with van der Waals surface area (Å²) in [6, 6.07) is 10.2. The third-order valence-corrected chi connectivity index (χ3v) is 4.90. The van der Waals surface area contributed by atoms with E-state index >= 15 is 0 Å². The van der Waals surface area contributed by atoms with E-state index in [2.05, 4.69) is 21.2 Å². The number of ether oxygens (including phenoxy) is 3. The van der Waals surface area contributed by atoms with E-state index in [9.17, 15) is 9.59 Å². The van der Waals surface area contributed by atoms with Crippen molar-refractivity contribution in [2.75, 3.05) is 14.2 Å². The van der Waals surface area contributed by atoms with Crippen LogP contribution in [-0.2, 0) is 16.1 Å². The Labute approximate surface area is 170 Å². The van der Waals surface area contributed by atoms with E-state index in [0.717, 1.165) is 5.56 Å². The van der Waals surface area contributed by atoms with Gasteiger partial charge < -0.3 is 19.5 Å². The molecule has 2 rings (SSSR count). The van der Waals surface area contributed by atoms with Crippen LogP contribution in [-0.4, -0.2) is 32.2 Å². The fourth-order valence-electron chi connectivity index (χ4n) is 2.24. The first-order valence-electron chi connectivity index (χ1n) is 8.01. The van der Waals surface area contributed by atoms with Gasteiger partial charge in [-0.3, -0.25) is 4.79 Å². The van der Waals surface area contributed by atoms with Gasteiger partial charge in [-0.15, -0.1) is 0 Å². The minimum Gasteiger partial charge on any atom is -0.495 e. The summed E-state index contributed by atoms with van der Waals surface area (Å²) in [4.78, 5) is 24.6. The van der Waals surface area contributed by atoms with Crippen molar-refractivity contribution < 1.29 is 23.8 Å². The summed E-state index contributed by atoms with van der Waals surface area (Å²) < 4.78 is 16.2. The fraction of sp³-hybridized carbons (Fsp3) is 0.263. The van der Waals surface area contributed by atoms with Crippen LogP contribution in [0.5, 0.6) is 11.5 Å². The van der Waals surface area contributed by atoms with E-state index in [1.165, 1.54) is 33.3 Å². The van der Waals surface area contributed by atoms with Gasteiger partial charge in [0.05, 0.1) is 19.8 Å². The van der Waals surface area contributed by atoms with Crippen molar-refractivity contribution in [1.29, 1.82) is 0 Å². The number of amides is 1. The standard InChI is InChI=1S/C19H19BrClNO5/c1-11(18(23)22-10-12-6-4-5-7-14(12)21)27-19(24)13-8-15(25-2)17(20)16(9-13)26-3/h4-9,11H,10H2,1-3H3,(H,22,23). The molecule has 0 radical (unpaired) electrons. The van der Waals surface area contributed by atoms with E-state index in [0.29, 0.717) is 21.0 Å². The Kier molecular flexibility index (Phi) is 7.50. The molecule has 8 heteroatoms. The molecule has 2 aromatic rings. The average Bonchev–Trinajstić information content (AvgIpc) is 2.67. The molecule has 1 atom stereocenters. The van der Waals surface area contributed by atoms with Crippen molar-refractivity contribution in [2.45, 2.75) is 19.6 Å². The van der Waals surface area contributed by atoms with Gasteiger partial charge in [-0.25, -0.2) is 4.79 Å². The van der Waals surface area contributed by atoms with Crippen LogP contribution in [0.2, 0.25) is 5.02 Å². The smallest absolute Gasteiger partial charge is 0.339 e. The fourth-order valence-corrected chi connectivity index (χ4v) is 2.99. The number of hydrogen-bond donors (Lipinski definition) is 1. The minimum absolute atomic E-state index is 0.206. The molecule has 0 aliphatic carbocycles.